The molecule has 2 rings (SSSR count). The monoisotopic (exact) mass is 250 g/mol. The first kappa shape index (κ1) is 12.6. The molecule has 1 aliphatic rings. The van der Waals surface area contributed by atoms with Gasteiger partial charge in [-0.3, -0.25) is 14.3 Å². The van der Waals surface area contributed by atoms with E-state index in [4.69, 9.17) is 0 Å². The summed E-state index contributed by atoms with van der Waals surface area (Å²) in [6.45, 7) is 5.84. The number of carbonyl (C=O) groups is 2. The van der Waals surface area contributed by atoms with Gasteiger partial charge in [-0.1, -0.05) is 0 Å². The lowest BCUT2D eigenvalue weighted by Gasteiger charge is -2.34. The van der Waals surface area contributed by atoms with Crippen LogP contribution < -0.4 is 0 Å². The van der Waals surface area contributed by atoms with Crippen molar-refractivity contribution in [1.82, 2.24) is 19.6 Å². The summed E-state index contributed by atoms with van der Waals surface area (Å²) in [4.78, 5) is 27.0. The Balaban J connectivity index is 2.04. The summed E-state index contributed by atoms with van der Waals surface area (Å²) in [7, 11) is 1.82. The first-order chi connectivity index (χ1) is 8.50. The van der Waals surface area contributed by atoms with Crippen LogP contribution in [-0.4, -0.2) is 57.6 Å². The molecule has 1 aliphatic heterocycles. The van der Waals surface area contributed by atoms with Crippen molar-refractivity contribution in [3.8, 4) is 0 Å². The molecule has 1 saturated heterocycles. The van der Waals surface area contributed by atoms with E-state index in [2.05, 4.69) is 5.10 Å². The van der Waals surface area contributed by atoms with Crippen LogP contribution in [0.3, 0.4) is 0 Å². The highest BCUT2D eigenvalue weighted by Gasteiger charge is 2.25. The molecule has 0 radical (unpaired) electrons. The van der Waals surface area contributed by atoms with Crippen molar-refractivity contribution in [3.05, 3.63) is 17.5 Å². The summed E-state index contributed by atoms with van der Waals surface area (Å²) >= 11 is 0. The molecule has 1 fully saturated rings. The van der Waals surface area contributed by atoms with Crippen LogP contribution in [0.5, 0.6) is 0 Å². The molecule has 0 N–H and O–H groups in total. The van der Waals surface area contributed by atoms with Gasteiger partial charge in [0.1, 0.15) is 0 Å². The van der Waals surface area contributed by atoms with Gasteiger partial charge in [-0.05, 0) is 6.92 Å². The summed E-state index contributed by atoms with van der Waals surface area (Å²) in [5, 5.41) is 4.08. The Bertz CT molecular complexity index is 472. The van der Waals surface area contributed by atoms with Gasteiger partial charge in [-0.15, -0.1) is 0 Å². The third-order valence-electron chi connectivity index (χ3n) is 3.48. The van der Waals surface area contributed by atoms with Crippen molar-refractivity contribution < 1.29 is 9.59 Å². The maximum atomic E-state index is 12.3. The van der Waals surface area contributed by atoms with E-state index >= 15 is 0 Å². The van der Waals surface area contributed by atoms with Crippen LogP contribution >= 0.6 is 0 Å². The molecule has 0 aliphatic carbocycles. The highest BCUT2D eigenvalue weighted by Crippen LogP contribution is 2.12. The summed E-state index contributed by atoms with van der Waals surface area (Å²) in [5.41, 5.74) is 1.52. The van der Waals surface area contributed by atoms with E-state index in [0.717, 1.165) is 5.69 Å². The Morgan fingerprint density at radius 3 is 2.17 bits per heavy atom. The van der Waals surface area contributed by atoms with Crippen molar-refractivity contribution in [1.29, 1.82) is 0 Å². The first-order valence-electron chi connectivity index (χ1n) is 6.04. The van der Waals surface area contributed by atoms with E-state index in [1.165, 1.54) is 0 Å². The largest absolute Gasteiger partial charge is 0.339 e. The number of aryl methyl sites for hydroxylation is 1. The summed E-state index contributed by atoms with van der Waals surface area (Å²) in [5.74, 6) is 0.0726. The zero-order valence-corrected chi connectivity index (χ0v) is 11.0. The molecule has 6 nitrogen and oxygen atoms in total. The number of piperazine rings is 1. The quantitative estimate of drug-likeness (QED) is 0.706. The fourth-order valence-corrected chi connectivity index (χ4v) is 2.10. The average molecular weight is 250 g/mol. The van der Waals surface area contributed by atoms with Crippen molar-refractivity contribution in [2.45, 2.75) is 13.8 Å². The van der Waals surface area contributed by atoms with Gasteiger partial charge in [0.05, 0.1) is 11.8 Å². The fourth-order valence-electron chi connectivity index (χ4n) is 2.10. The van der Waals surface area contributed by atoms with Crippen LogP contribution in [0.1, 0.15) is 23.0 Å². The zero-order valence-electron chi connectivity index (χ0n) is 11.0. The van der Waals surface area contributed by atoms with Crippen LogP contribution in [0, 0.1) is 6.92 Å². The number of hydrogen-bond donors (Lipinski definition) is 0. The molecule has 2 amide bonds. The minimum atomic E-state index is 0.00352. The Hall–Kier alpha value is -1.85. The van der Waals surface area contributed by atoms with Crippen LogP contribution in [0.15, 0.2) is 6.20 Å². The van der Waals surface area contributed by atoms with Crippen molar-refractivity contribution >= 4 is 11.8 Å². The number of rotatable bonds is 1. The minimum Gasteiger partial charge on any atom is -0.339 e. The minimum absolute atomic E-state index is 0.00352. The summed E-state index contributed by atoms with van der Waals surface area (Å²) < 4.78 is 1.69. The van der Waals surface area contributed by atoms with E-state index < -0.39 is 0 Å². The van der Waals surface area contributed by atoms with E-state index in [1.807, 2.05) is 14.0 Å². The number of hydrogen-bond acceptors (Lipinski definition) is 3. The van der Waals surface area contributed by atoms with Gasteiger partial charge in [0, 0.05) is 45.8 Å². The molecule has 0 atom stereocenters. The molecule has 1 aromatic rings. The Morgan fingerprint density at radius 1 is 1.17 bits per heavy atom. The normalized spacial score (nSPS) is 15.9. The highest BCUT2D eigenvalue weighted by molar-refractivity contribution is 5.95. The predicted molar refractivity (Wildman–Crippen MR) is 66.1 cm³/mol. The van der Waals surface area contributed by atoms with Crippen LogP contribution in [-0.2, 0) is 11.8 Å². The molecule has 0 saturated carbocycles. The fraction of sp³-hybridized carbons (Fsp3) is 0.583. The van der Waals surface area contributed by atoms with Crippen LogP contribution in [0.4, 0.5) is 0 Å². The number of carbonyl (C=O) groups excluding carboxylic acids is 2. The Labute approximate surface area is 106 Å². The van der Waals surface area contributed by atoms with Gasteiger partial charge >= 0.3 is 0 Å². The smallest absolute Gasteiger partial charge is 0.257 e. The third-order valence-corrected chi connectivity index (χ3v) is 3.48. The van der Waals surface area contributed by atoms with Gasteiger partial charge in [0.25, 0.3) is 5.91 Å². The van der Waals surface area contributed by atoms with Gasteiger partial charge in [0.2, 0.25) is 5.91 Å². The molecule has 0 aromatic carbocycles. The maximum absolute atomic E-state index is 12.3. The van der Waals surface area contributed by atoms with Crippen LogP contribution in [0.25, 0.3) is 0 Å². The van der Waals surface area contributed by atoms with E-state index in [1.54, 1.807) is 27.6 Å². The van der Waals surface area contributed by atoms with E-state index in [-0.39, 0.29) is 11.8 Å². The number of aromatic nitrogens is 2. The maximum Gasteiger partial charge on any atom is 0.257 e. The van der Waals surface area contributed by atoms with Gasteiger partial charge < -0.3 is 9.80 Å². The molecule has 18 heavy (non-hydrogen) atoms. The number of amides is 2. The van der Waals surface area contributed by atoms with Crippen LogP contribution in [0.2, 0.25) is 0 Å². The van der Waals surface area contributed by atoms with Crippen molar-refractivity contribution in [2.75, 3.05) is 26.2 Å². The van der Waals surface area contributed by atoms with Crippen molar-refractivity contribution in [3.63, 3.8) is 0 Å². The Morgan fingerprint density at radius 2 is 1.72 bits per heavy atom. The second-order valence-electron chi connectivity index (χ2n) is 4.57. The first-order valence-corrected chi connectivity index (χ1v) is 6.04. The lowest BCUT2D eigenvalue weighted by atomic mass is 10.2. The molecule has 2 heterocycles. The van der Waals surface area contributed by atoms with Gasteiger partial charge in [0.15, 0.2) is 0 Å². The lowest BCUT2D eigenvalue weighted by molar-refractivity contribution is -0.130. The molecule has 1 aromatic heterocycles. The highest BCUT2D eigenvalue weighted by atomic mass is 16.2. The average Bonchev–Trinajstić information content (AvgIpc) is 2.69. The third kappa shape index (κ3) is 2.23. The van der Waals surface area contributed by atoms with E-state index in [0.29, 0.717) is 31.7 Å². The Kier molecular flexibility index (Phi) is 3.36. The molecular formula is C12H18N4O2. The lowest BCUT2D eigenvalue weighted by Crippen LogP contribution is -2.50. The zero-order chi connectivity index (χ0) is 13.3. The van der Waals surface area contributed by atoms with Gasteiger partial charge in [-0.25, -0.2) is 0 Å². The number of nitrogens with zero attached hydrogens (tertiary/aromatic N) is 4. The van der Waals surface area contributed by atoms with Gasteiger partial charge in [-0.2, -0.15) is 5.10 Å². The molecular weight excluding hydrogens is 232 g/mol. The topological polar surface area (TPSA) is 58.4 Å². The van der Waals surface area contributed by atoms with E-state index in [9.17, 15) is 9.59 Å². The molecule has 0 unspecified atom stereocenters. The summed E-state index contributed by atoms with van der Waals surface area (Å²) in [6.07, 6.45) is 1.61. The molecule has 0 spiro atoms. The standard InChI is InChI=1S/C12H18N4O2/c1-9-11(8-13-14(9)3)12(18)16-6-4-15(5-7-16)10(2)17/h8H,4-7H2,1-3H3. The second-order valence-corrected chi connectivity index (χ2v) is 4.57. The molecule has 98 valence electrons. The van der Waals surface area contributed by atoms with Crippen molar-refractivity contribution in [2.24, 2.45) is 7.05 Å². The second kappa shape index (κ2) is 4.80. The molecule has 6 heteroatoms. The SMILES string of the molecule is CC(=O)N1CCN(C(=O)c2cnn(C)c2C)CC1. The predicted octanol–water partition coefficient (Wildman–Crippen LogP) is 0.0328. The molecule has 0 bridgehead atoms. The summed E-state index contributed by atoms with van der Waals surface area (Å²) in [6, 6.07) is 0.